The van der Waals surface area contributed by atoms with Gasteiger partial charge in [-0.05, 0) is 25.0 Å². The average molecular weight is 244 g/mol. The van der Waals surface area contributed by atoms with Gasteiger partial charge in [-0.15, -0.1) is 0 Å². The summed E-state index contributed by atoms with van der Waals surface area (Å²) in [5.74, 6) is 12.4. The fraction of sp³-hybridized carbons (Fsp3) is 0.667. The normalized spacial score (nSPS) is 9.67. The highest BCUT2D eigenvalue weighted by atomic mass is 13.9. The largest absolute Gasteiger partial charge is 0.0985 e. The van der Waals surface area contributed by atoms with E-state index in [2.05, 4.69) is 37.5 Å². The molecule has 0 rings (SSSR count). The van der Waals surface area contributed by atoms with E-state index in [1.165, 1.54) is 51.4 Å². The predicted molar refractivity (Wildman–Crippen MR) is 82.2 cm³/mol. The van der Waals surface area contributed by atoms with Crippen molar-refractivity contribution in [2.45, 2.75) is 78.1 Å². The van der Waals surface area contributed by atoms with E-state index in [0.29, 0.717) is 0 Å². The Morgan fingerprint density at radius 3 is 1.44 bits per heavy atom. The monoisotopic (exact) mass is 244 g/mol. The Morgan fingerprint density at radius 1 is 0.611 bits per heavy atom. The molecule has 0 aliphatic carbocycles. The summed E-state index contributed by atoms with van der Waals surface area (Å²) in [6, 6.07) is 0. The van der Waals surface area contributed by atoms with Crippen molar-refractivity contribution in [3.8, 4) is 23.7 Å². The van der Waals surface area contributed by atoms with E-state index < -0.39 is 0 Å². The lowest BCUT2D eigenvalue weighted by atomic mass is 10.1. The minimum Gasteiger partial charge on any atom is -0.0985 e. The van der Waals surface area contributed by atoms with Gasteiger partial charge in [0.25, 0.3) is 0 Å². The molecule has 0 spiro atoms. The maximum Gasteiger partial charge on any atom is 0.00922 e. The molecule has 18 heavy (non-hydrogen) atoms. The summed E-state index contributed by atoms with van der Waals surface area (Å²) in [6.45, 7) is 4.46. The zero-order chi connectivity index (χ0) is 13.3. The van der Waals surface area contributed by atoms with Gasteiger partial charge in [0.05, 0.1) is 0 Å². The first-order chi connectivity index (χ1) is 8.91. The highest BCUT2D eigenvalue weighted by molar-refractivity contribution is 5.24. The zero-order valence-corrected chi connectivity index (χ0v) is 12.2. The van der Waals surface area contributed by atoms with Crippen LogP contribution in [-0.4, -0.2) is 0 Å². The topological polar surface area (TPSA) is 0 Å². The Bertz CT molecular complexity index is 268. The Hall–Kier alpha value is -1.14. The summed E-state index contributed by atoms with van der Waals surface area (Å²) >= 11 is 0. The SMILES string of the molecule is CCCCCCC#C/C=C\C#CCCCCCC. The number of rotatable bonds is 8. The van der Waals surface area contributed by atoms with Gasteiger partial charge in [-0.3, -0.25) is 0 Å². The van der Waals surface area contributed by atoms with Gasteiger partial charge in [0.15, 0.2) is 0 Å². The van der Waals surface area contributed by atoms with Gasteiger partial charge >= 0.3 is 0 Å². The first-order valence-corrected chi connectivity index (χ1v) is 7.53. The molecular weight excluding hydrogens is 216 g/mol. The molecular formula is C18H28. The summed E-state index contributed by atoms with van der Waals surface area (Å²) in [7, 11) is 0. The Kier molecular flexibility index (Phi) is 14.9. The van der Waals surface area contributed by atoms with Crippen LogP contribution in [0.2, 0.25) is 0 Å². The average Bonchev–Trinajstić information content (AvgIpc) is 2.39. The molecule has 0 aliphatic heterocycles. The highest BCUT2D eigenvalue weighted by Gasteiger charge is 1.83. The molecule has 100 valence electrons. The van der Waals surface area contributed by atoms with Gasteiger partial charge in [-0.25, -0.2) is 0 Å². The van der Waals surface area contributed by atoms with Crippen molar-refractivity contribution < 1.29 is 0 Å². The van der Waals surface area contributed by atoms with Crippen LogP contribution in [0.25, 0.3) is 0 Å². The van der Waals surface area contributed by atoms with Crippen LogP contribution >= 0.6 is 0 Å². The number of unbranched alkanes of at least 4 members (excludes halogenated alkanes) is 8. The molecule has 0 atom stereocenters. The fourth-order valence-electron chi connectivity index (χ4n) is 1.63. The molecule has 0 saturated carbocycles. The second kappa shape index (κ2) is 15.9. The van der Waals surface area contributed by atoms with E-state index in [4.69, 9.17) is 0 Å². The molecule has 0 bridgehead atoms. The van der Waals surface area contributed by atoms with E-state index in [1.807, 2.05) is 12.2 Å². The van der Waals surface area contributed by atoms with Gasteiger partial charge in [0.2, 0.25) is 0 Å². The van der Waals surface area contributed by atoms with Crippen LogP contribution in [0, 0.1) is 23.7 Å². The van der Waals surface area contributed by atoms with Gasteiger partial charge in [-0.1, -0.05) is 76.1 Å². The van der Waals surface area contributed by atoms with E-state index in [1.54, 1.807) is 0 Å². The molecule has 0 fully saturated rings. The third kappa shape index (κ3) is 14.9. The molecule has 0 heteroatoms. The Labute approximate surface area is 114 Å². The van der Waals surface area contributed by atoms with E-state index in [-0.39, 0.29) is 0 Å². The first-order valence-electron chi connectivity index (χ1n) is 7.53. The van der Waals surface area contributed by atoms with Crippen LogP contribution in [0.4, 0.5) is 0 Å². The Balaban J connectivity index is 3.41. The summed E-state index contributed by atoms with van der Waals surface area (Å²) in [6.07, 6.45) is 16.1. The second-order valence-electron chi connectivity index (χ2n) is 4.60. The van der Waals surface area contributed by atoms with E-state index in [0.717, 1.165) is 12.8 Å². The maximum absolute atomic E-state index is 3.16. The van der Waals surface area contributed by atoms with Crippen molar-refractivity contribution in [1.82, 2.24) is 0 Å². The molecule has 0 N–H and O–H groups in total. The third-order valence-electron chi connectivity index (χ3n) is 2.76. The van der Waals surface area contributed by atoms with Crippen LogP contribution in [0.5, 0.6) is 0 Å². The van der Waals surface area contributed by atoms with Gasteiger partial charge in [0, 0.05) is 12.8 Å². The lowest BCUT2D eigenvalue weighted by Crippen LogP contribution is -1.73. The molecule has 0 unspecified atom stereocenters. The van der Waals surface area contributed by atoms with Gasteiger partial charge in [0.1, 0.15) is 0 Å². The summed E-state index contributed by atoms with van der Waals surface area (Å²) in [5, 5.41) is 0. The second-order valence-corrected chi connectivity index (χ2v) is 4.60. The third-order valence-corrected chi connectivity index (χ3v) is 2.76. The molecule has 0 nitrogen and oxygen atoms in total. The van der Waals surface area contributed by atoms with Crippen LogP contribution < -0.4 is 0 Å². The lowest BCUT2D eigenvalue weighted by Gasteiger charge is -1.91. The van der Waals surface area contributed by atoms with Crippen molar-refractivity contribution >= 4 is 0 Å². The molecule has 0 aromatic rings. The predicted octanol–water partition coefficient (Wildman–Crippen LogP) is 5.49. The maximum atomic E-state index is 3.16. The van der Waals surface area contributed by atoms with Crippen LogP contribution in [0.15, 0.2) is 12.2 Å². The molecule has 0 aliphatic rings. The van der Waals surface area contributed by atoms with Crippen molar-refractivity contribution in [1.29, 1.82) is 0 Å². The minimum absolute atomic E-state index is 1.02. The highest BCUT2D eigenvalue weighted by Crippen LogP contribution is 2.01. The molecule has 0 aromatic carbocycles. The fourth-order valence-corrected chi connectivity index (χ4v) is 1.63. The molecule has 0 amide bonds. The molecule has 0 saturated heterocycles. The number of hydrogen-bond donors (Lipinski definition) is 0. The van der Waals surface area contributed by atoms with Crippen LogP contribution in [0.1, 0.15) is 78.1 Å². The minimum atomic E-state index is 1.02. The number of allylic oxidation sites excluding steroid dienone is 2. The van der Waals surface area contributed by atoms with Gasteiger partial charge < -0.3 is 0 Å². The van der Waals surface area contributed by atoms with Crippen LogP contribution in [-0.2, 0) is 0 Å². The molecule has 0 radical (unpaired) electrons. The quantitative estimate of drug-likeness (QED) is 0.391. The van der Waals surface area contributed by atoms with E-state index >= 15 is 0 Å². The smallest absolute Gasteiger partial charge is 0.00922 e. The van der Waals surface area contributed by atoms with Crippen molar-refractivity contribution in [2.75, 3.05) is 0 Å². The molecule has 0 heterocycles. The van der Waals surface area contributed by atoms with Gasteiger partial charge in [-0.2, -0.15) is 0 Å². The summed E-state index contributed by atoms with van der Waals surface area (Å²) in [4.78, 5) is 0. The number of hydrogen-bond acceptors (Lipinski definition) is 0. The Morgan fingerprint density at radius 2 is 1.06 bits per heavy atom. The zero-order valence-electron chi connectivity index (χ0n) is 12.2. The van der Waals surface area contributed by atoms with Crippen molar-refractivity contribution in [3.63, 3.8) is 0 Å². The van der Waals surface area contributed by atoms with Crippen molar-refractivity contribution in [2.24, 2.45) is 0 Å². The van der Waals surface area contributed by atoms with E-state index in [9.17, 15) is 0 Å². The lowest BCUT2D eigenvalue weighted by molar-refractivity contribution is 0.679. The van der Waals surface area contributed by atoms with Crippen LogP contribution in [0.3, 0.4) is 0 Å². The summed E-state index contributed by atoms with van der Waals surface area (Å²) in [5.41, 5.74) is 0. The van der Waals surface area contributed by atoms with Crippen molar-refractivity contribution in [3.05, 3.63) is 12.2 Å². The molecule has 0 aromatic heterocycles. The first kappa shape index (κ1) is 16.9. The summed E-state index contributed by atoms with van der Waals surface area (Å²) < 4.78 is 0. The standard InChI is InChI=1S/C18H28/c1-3-5-7-9-11-13-15-17-18-16-14-12-10-8-6-4-2/h17-18H,3-12H2,1-2H3/b18-17-.